The molecule has 1 aromatic heterocycles. The van der Waals surface area contributed by atoms with Crippen molar-refractivity contribution in [1.29, 1.82) is 0 Å². The van der Waals surface area contributed by atoms with Crippen LogP contribution in [0.3, 0.4) is 0 Å². The number of nitrogens with zero attached hydrogens (tertiary/aromatic N) is 2. The average Bonchev–Trinajstić information content (AvgIpc) is 3.18. The second-order valence-electron chi connectivity index (χ2n) is 7.17. The maximum absolute atomic E-state index is 13.5. The first-order chi connectivity index (χ1) is 13.6. The van der Waals surface area contributed by atoms with Crippen molar-refractivity contribution in [3.63, 3.8) is 0 Å². The molecule has 2 heterocycles. The van der Waals surface area contributed by atoms with Crippen LogP contribution in [0, 0.1) is 12.7 Å². The molecule has 0 aliphatic carbocycles. The van der Waals surface area contributed by atoms with Crippen LogP contribution in [0.2, 0.25) is 0 Å². The van der Waals surface area contributed by atoms with Gasteiger partial charge in [0.05, 0.1) is 6.04 Å². The predicted octanol–water partition coefficient (Wildman–Crippen LogP) is 5.30. The van der Waals surface area contributed by atoms with Gasteiger partial charge in [0.15, 0.2) is 5.11 Å². The van der Waals surface area contributed by atoms with E-state index >= 15 is 0 Å². The van der Waals surface area contributed by atoms with E-state index in [9.17, 15) is 4.39 Å². The fourth-order valence-corrected chi connectivity index (χ4v) is 4.28. The molecule has 0 amide bonds. The van der Waals surface area contributed by atoms with Crippen molar-refractivity contribution < 1.29 is 4.39 Å². The summed E-state index contributed by atoms with van der Waals surface area (Å²) in [5.41, 5.74) is 5.73. The molecule has 0 fully saturated rings. The summed E-state index contributed by atoms with van der Waals surface area (Å²) in [5.74, 6) is -0.227. The van der Waals surface area contributed by atoms with Crippen LogP contribution in [-0.2, 0) is 13.0 Å². The number of hydrogen-bond donors (Lipinski definition) is 1. The Morgan fingerprint density at radius 3 is 2.64 bits per heavy atom. The summed E-state index contributed by atoms with van der Waals surface area (Å²) in [6, 6.07) is 17.2. The lowest BCUT2D eigenvalue weighted by atomic mass is 10.00. The fraction of sp³-hybridized carbons (Fsp3) is 0.261. The highest BCUT2D eigenvalue weighted by molar-refractivity contribution is 7.80. The van der Waals surface area contributed by atoms with Crippen molar-refractivity contribution >= 4 is 23.0 Å². The molecule has 1 atom stereocenters. The van der Waals surface area contributed by atoms with Gasteiger partial charge < -0.3 is 14.8 Å². The van der Waals surface area contributed by atoms with Crippen LogP contribution in [0.1, 0.15) is 35.3 Å². The zero-order valence-corrected chi connectivity index (χ0v) is 17.0. The molecule has 28 heavy (non-hydrogen) atoms. The molecule has 1 N–H and O–H groups in total. The van der Waals surface area contributed by atoms with E-state index in [1.54, 1.807) is 0 Å². The van der Waals surface area contributed by atoms with E-state index < -0.39 is 0 Å². The molecule has 1 aliphatic rings. The minimum atomic E-state index is -0.227. The Morgan fingerprint density at radius 2 is 1.89 bits per heavy atom. The van der Waals surface area contributed by atoms with Gasteiger partial charge in [-0.3, -0.25) is 0 Å². The molecule has 3 aromatic rings. The van der Waals surface area contributed by atoms with E-state index in [-0.39, 0.29) is 11.9 Å². The van der Waals surface area contributed by atoms with Gasteiger partial charge in [-0.1, -0.05) is 37.3 Å². The molecule has 0 saturated carbocycles. The largest absolute Gasteiger partial charge is 0.348 e. The van der Waals surface area contributed by atoms with E-state index in [1.165, 1.54) is 29.0 Å². The molecule has 0 saturated heterocycles. The third-order valence-electron chi connectivity index (χ3n) is 5.46. The minimum absolute atomic E-state index is 0.0431. The first kappa shape index (κ1) is 18.7. The van der Waals surface area contributed by atoms with Crippen molar-refractivity contribution in [2.75, 3.05) is 11.9 Å². The number of fused-ring (bicyclic) bond motifs is 1. The van der Waals surface area contributed by atoms with Crippen LogP contribution in [0.5, 0.6) is 0 Å². The second-order valence-corrected chi connectivity index (χ2v) is 7.55. The topological polar surface area (TPSA) is 20.2 Å². The maximum Gasteiger partial charge on any atom is 0.174 e. The number of para-hydroxylation sites is 1. The van der Waals surface area contributed by atoms with Gasteiger partial charge >= 0.3 is 0 Å². The van der Waals surface area contributed by atoms with Gasteiger partial charge in [-0.2, -0.15) is 0 Å². The second kappa shape index (κ2) is 7.76. The molecule has 1 aliphatic heterocycles. The number of hydrogen-bond acceptors (Lipinski definition) is 1. The molecule has 0 unspecified atom stereocenters. The number of halogens is 1. The third-order valence-corrected chi connectivity index (χ3v) is 5.79. The highest BCUT2D eigenvalue weighted by atomic mass is 32.1. The number of rotatable bonds is 3. The number of aryl methyl sites for hydroxylation is 2. The van der Waals surface area contributed by atoms with Crippen molar-refractivity contribution in [3.05, 3.63) is 89.0 Å². The Balaban J connectivity index is 1.69. The molecule has 2 aromatic carbocycles. The van der Waals surface area contributed by atoms with E-state index in [4.69, 9.17) is 12.2 Å². The van der Waals surface area contributed by atoms with E-state index in [1.807, 2.05) is 12.1 Å². The Morgan fingerprint density at radius 1 is 1.11 bits per heavy atom. The van der Waals surface area contributed by atoms with Crippen LogP contribution in [0.25, 0.3) is 0 Å². The fourth-order valence-electron chi connectivity index (χ4n) is 3.98. The number of anilines is 1. The monoisotopic (exact) mass is 393 g/mol. The van der Waals surface area contributed by atoms with E-state index in [2.05, 4.69) is 65.2 Å². The van der Waals surface area contributed by atoms with E-state index in [0.29, 0.717) is 5.11 Å². The van der Waals surface area contributed by atoms with Crippen molar-refractivity contribution in [2.24, 2.45) is 0 Å². The van der Waals surface area contributed by atoms with Gasteiger partial charge in [0.2, 0.25) is 0 Å². The molecule has 5 heteroatoms. The standard InChI is InChI=1S/C23H24FN3S/c1-3-17-7-4-6-16(2)21(17)25-23(28)27-15-14-26-13-5-8-20(26)22(27)18-9-11-19(24)12-10-18/h4-13,22H,3,14-15H2,1-2H3,(H,25,28)/t22-/m0/s1. The number of thiocarbonyl (C=S) groups is 1. The summed E-state index contributed by atoms with van der Waals surface area (Å²) >= 11 is 5.86. The van der Waals surface area contributed by atoms with Crippen molar-refractivity contribution in [1.82, 2.24) is 9.47 Å². The molecule has 0 radical (unpaired) electrons. The first-order valence-corrected chi connectivity index (χ1v) is 10.1. The molecule has 4 rings (SSSR count). The van der Waals surface area contributed by atoms with Gasteiger partial charge in [0.1, 0.15) is 5.82 Å². The van der Waals surface area contributed by atoms with Crippen LogP contribution < -0.4 is 5.32 Å². The number of aromatic nitrogens is 1. The SMILES string of the molecule is CCc1cccc(C)c1NC(=S)N1CCn2cccc2[C@@H]1c1ccc(F)cc1. The smallest absolute Gasteiger partial charge is 0.174 e. The van der Waals surface area contributed by atoms with Crippen LogP contribution in [-0.4, -0.2) is 21.1 Å². The number of nitrogens with one attached hydrogen (secondary N) is 1. The van der Waals surface area contributed by atoms with Gasteiger partial charge in [0.25, 0.3) is 0 Å². The summed E-state index contributed by atoms with van der Waals surface area (Å²) < 4.78 is 15.8. The van der Waals surface area contributed by atoms with Crippen molar-refractivity contribution in [3.8, 4) is 0 Å². The molecule has 3 nitrogen and oxygen atoms in total. The Bertz CT molecular complexity index is 993. The predicted molar refractivity (Wildman–Crippen MR) is 116 cm³/mol. The quantitative estimate of drug-likeness (QED) is 0.610. The zero-order chi connectivity index (χ0) is 19.7. The molecule has 0 spiro atoms. The average molecular weight is 394 g/mol. The lowest BCUT2D eigenvalue weighted by molar-refractivity contribution is 0.293. The summed E-state index contributed by atoms with van der Waals surface area (Å²) in [6.45, 7) is 5.92. The van der Waals surface area contributed by atoms with E-state index in [0.717, 1.165) is 30.8 Å². The molecular formula is C23H24FN3S. The summed E-state index contributed by atoms with van der Waals surface area (Å²) in [6.07, 6.45) is 3.03. The van der Waals surface area contributed by atoms with Gasteiger partial charge in [-0.15, -0.1) is 0 Å². The van der Waals surface area contributed by atoms with Crippen LogP contribution in [0.4, 0.5) is 10.1 Å². The summed E-state index contributed by atoms with van der Waals surface area (Å²) in [4.78, 5) is 2.21. The highest BCUT2D eigenvalue weighted by Gasteiger charge is 2.30. The van der Waals surface area contributed by atoms with Crippen LogP contribution >= 0.6 is 12.2 Å². The Labute approximate surface area is 170 Å². The molecule has 0 bridgehead atoms. The summed E-state index contributed by atoms with van der Waals surface area (Å²) in [7, 11) is 0. The Hall–Kier alpha value is -2.66. The zero-order valence-electron chi connectivity index (χ0n) is 16.2. The summed E-state index contributed by atoms with van der Waals surface area (Å²) in [5, 5.41) is 4.21. The number of benzene rings is 2. The third kappa shape index (κ3) is 3.42. The van der Waals surface area contributed by atoms with Gasteiger partial charge in [-0.05, 0) is 66.5 Å². The van der Waals surface area contributed by atoms with Crippen molar-refractivity contribution in [2.45, 2.75) is 32.9 Å². The first-order valence-electron chi connectivity index (χ1n) is 9.65. The normalized spacial score (nSPS) is 16.0. The minimum Gasteiger partial charge on any atom is -0.348 e. The van der Waals surface area contributed by atoms with Gasteiger partial charge in [-0.25, -0.2) is 4.39 Å². The van der Waals surface area contributed by atoms with Gasteiger partial charge in [0, 0.05) is 30.7 Å². The highest BCUT2D eigenvalue weighted by Crippen LogP contribution is 2.33. The lowest BCUT2D eigenvalue weighted by Gasteiger charge is -2.39. The maximum atomic E-state index is 13.5. The molecule has 144 valence electrons. The van der Waals surface area contributed by atoms with Crippen LogP contribution in [0.15, 0.2) is 60.8 Å². The lowest BCUT2D eigenvalue weighted by Crippen LogP contribution is -2.44. The Kier molecular flexibility index (Phi) is 5.18. The molecular weight excluding hydrogens is 369 g/mol.